The summed E-state index contributed by atoms with van der Waals surface area (Å²) < 4.78 is 38.9. The second kappa shape index (κ2) is 6.44. The molecule has 0 aromatic heterocycles. The molecule has 7 heteroatoms. The Kier molecular flexibility index (Phi) is 4.56. The Hall–Kier alpha value is -1.31. The molecule has 0 radical (unpaired) electrons. The predicted molar refractivity (Wildman–Crippen MR) is 82.6 cm³/mol. The number of rotatable bonds is 3. The molecular formula is C15H22N2O4S. The molecule has 2 aliphatic rings. The van der Waals surface area contributed by atoms with E-state index in [-0.39, 0.29) is 17.0 Å². The van der Waals surface area contributed by atoms with Crippen LogP contribution in [0.15, 0.2) is 23.1 Å². The molecule has 1 aromatic rings. The van der Waals surface area contributed by atoms with Crippen LogP contribution in [0.2, 0.25) is 0 Å². The van der Waals surface area contributed by atoms with Crippen molar-refractivity contribution in [2.45, 2.75) is 49.1 Å². The fraction of sp³-hybridized carbons (Fsp3) is 0.600. The minimum atomic E-state index is -3.55. The van der Waals surface area contributed by atoms with Crippen molar-refractivity contribution in [1.82, 2.24) is 4.72 Å². The van der Waals surface area contributed by atoms with Crippen LogP contribution in [0.5, 0.6) is 11.5 Å². The Morgan fingerprint density at radius 3 is 2.45 bits per heavy atom. The van der Waals surface area contributed by atoms with E-state index in [1.54, 1.807) is 12.1 Å². The maximum Gasteiger partial charge on any atom is 0.240 e. The van der Waals surface area contributed by atoms with Crippen molar-refractivity contribution in [3.8, 4) is 11.5 Å². The summed E-state index contributed by atoms with van der Waals surface area (Å²) in [5, 5.41) is 0. The third kappa shape index (κ3) is 3.53. The van der Waals surface area contributed by atoms with E-state index in [0.717, 1.165) is 32.1 Å². The first kappa shape index (κ1) is 15.6. The second-order valence-electron chi connectivity index (χ2n) is 5.89. The van der Waals surface area contributed by atoms with Crippen molar-refractivity contribution in [3.05, 3.63) is 18.2 Å². The van der Waals surface area contributed by atoms with Gasteiger partial charge in [-0.2, -0.15) is 0 Å². The zero-order valence-corrected chi connectivity index (χ0v) is 13.3. The summed E-state index contributed by atoms with van der Waals surface area (Å²) in [4.78, 5) is 0.214. The quantitative estimate of drug-likeness (QED) is 0.876. The predicted octanol–water partition coefficient (Wildman–Crippen LogP) is 1.40. The molecule has 0 unspecified atom stereocenters. The number of ether oxygens (including phenoxy) is 2. The van der Waals surface area contributed by atoms with Crippen molar-refractivity contribution in [3.63, 3.8) is 0 Å². The van der Waals surface area contributed by atoms with E-state index in [1.165, 1.54) is 6.07 Å². The summed E-state index contributed by atoms with van der Waals surface area (Å²) in [6.07, 6.45) is 4.07. The SMILES string of the molecule is NC1CCC(NS(=O)(=O)c2ccc3c(c2)OCCCO3)CC1. The lowest BCUT2D eigenvalue weighted by Crippen LogP contribution is -2.40. The number of nitrogens with two attached hydrogens (primary N) is 1. The molecule has 122 valence electrons. The topological polar surface area (TPSA) is 90.7 Å². The Morgan fingerprint density at radius 2 is 1.73 bits per heavy atom. The summed E-state index contributed by atoms with van der Waals surface area (Å²) in [6.45, 7) is 1.12. The van der Waals surface area contributed by atoms with E-state index < -0.39 is 10.0 Å². The van der Waals surface area contributed by atoms with Gasteiger partial charge in [0.2, 0.25) is 10.0 Å². The molecule has 1 aliphatic carbocycles. The number of hydrogen-bond acceptors (Lipinski definition) is 5. The molecule has 1 heterocycles. The Labute approximate surface area is 131 Å². The number of sulfonamides is 1. The molecule has 1 aliphatic heterocycles. The van der Waals surface area contributed by atoms with Gasteiger partial charge in [0.1, 0.15) is 0 Å². The van der Waals surface area contributed by atoms with Crippen molar-refractivity contribution >= 4 is 10.0 Å². The maximum atomic E-state index is 12.5. The van der Waals surface area contributed by atoms with Gasteiger partial charge in [0.05, 0.1) is 18.1 Å². The van der Waals surface area contributed by atoms with E-state index in [0.29, 0.717) is 24.7 Å². The Balaban J connectivity index is 1.76. The summed E-state index contributed by atoms with van der Waals surface area (Å²) >= 11 is 0. The highest BCUT2D eigenvalue weighted by atomic mass is 32.2. The van der Waals surface area contributed by atoms with E-state index in [2.05, 4.69) is 4.72 Å². The van der Waals surface area contributed by atoms with Crippen LogP contribution in [0, 0.1) is 0 Å². The second-order valence-corrected chi connectivity index (χ2v) is 7.61. The molecule has 0 saturated heterocycles. The molecule has 3 N–H and O–H groups in total. The van der Waals surface area contributed by atoms with Gasteiger partial charge in [-0.05, 0) is 37.8 Å². The van der Waals surface area contributed by atoms with Crippen LogP contribution < -0.4 is 19.9 Å². The summed E-state index contributed by atoms with van der Waals surface area (Å²) in [5.41, 5.74) is 5.86. The maximum absolute atomic E-state index is 12.5. The molecule has 6 nitrogen and oxygen atoms in total. The molecule has 0 spiro atoms. The smallest absolute Gasteiger partial charge is 0.240 e. The first-order valence-corrected chi connectivity index (χ1v) is 9.20. The van der Waals surface area contributed by atoms with Gasteiger partial charge in [-0.3, -0.25) is 0 Å². The molecule has 22 heavy (non-hydrogen) atoms. The number of benzene rings is 1. The fourth-order valence-corrected chi connectivity index (χ4v) is 4.16. The first-order valence-electron chi connectivity index (χ1n) is 7.72. The lowest BCUT2D eigenvalue weighted by molar-refractivity contribution is 0.297. The van der Waals surface area contributed by atoms with Gasteiger partial charge >= 0.3 is 0 Å². The van der Waals surface area contributed by atoms with Crippen LogP contribution in [0.1, 0.15) is 32.1 Å². The molecule has 0 bridgehead atoms. The highest BCUT2D eigenvalue weighted by molar-refractivity contribution is 7.89. The van der Waals surface area contributed by atoms with Gasteiger partial charge in [0.15, 0.2) is 11.5 Å². The molecule has 1 fully saturated rings. The molecule has 0 atom stereocenters. The molecule has 1 aromatic carbocycles. The van der Waals surface area contributed by atoms with Gasteiger partial charge in [0, 0.05) is 24.6 Å². The molecule has 1 saturated carbocycles. The van der Waals surface area contributed by atoms with Crippen LogP contribution in [-0.4, -0.2) is 33.7 Å². The normalized spacial score (nSPS) is 25.5. The van der Waals surface area contributed by atoms with Crippen LogP contribution in [-0.2, 0) is 10.0 Å². The highest BCUT2D eigenvalue weighted by Crippen LogP contribution is 2.32. The average molecular weight is 326 g/mol. The Morgan fingerprint density at radius 1 is 1.05 bits per heavy atom. The van der Waals surface area contributed by atoms with Crippen molar-refractivity contribution < 1.29 is 17.9 Å². The molecule has 0 amide bonds. The van der Waals surface area contributed by atoms with Gasteiger partial charge in [-0.25, -0.2) is 13.1 Å². The fourth-order valence-electron chi connectivity index (χ4n) is 2.84. The van der Waals surface area contributed by atoms with Crippen molar-refractivity contribution in [1.29, 1.82) is 0 Å². The van der Waals surface area contributed by atoms with Crippen LogP contribution in [0.4, 0.5) is 0 Å². The van der Waals surface area contributed by atoms with Gasteiger partial charge in [-0.1, -0.05) is 0 Å². The standard InChI is InChI=1S/C15H22N2O4S/c16-11-2-4-12(5-3-11)17-22(18,19)13-6-7-14-15(10-13)21-9-1-8-20-14/h6-7,10-12,17H,1-5,8-9,16H2. The monoisotopic (exact) mass is 326 g/mol. The lowest BCUT2D eigenvalue weighted by Gasteiger charge is -2.26. The summed E-state index contributed by atoms with van der Waals surface area (Å²) in [5.74, 6) is 1.09. The van der Waals surface area contributed by atoms with Gasteiger partial charge in [-0.15, -0.1) is 0 Å². The van der Waals surface area contributed by atoms with Crippen LogP contribution in [0.3, 0.4) is 0 Å². The summed E-state index contributed by atoms with van der Waals surface area (Å²) in [6, 6.07) is 4.91. The Bertz CT molecular complexity index is 624. The number of nitrogens with one attached hydrogen (secondary N) is 1. The van der Waals surface area contributed by atoms with Crippen molar-refractivity contribution in [2.24, 2.45) is 5.73 Å². The molecular weight excluding hydrogens is 304 g/mol. The largest absolute Gasteiger partial charge is 0.490 e. The van der Waals surface area contributed by atoms with E-state index >= 15 is 0 Å². The van der Waals surface area contributed by atoms with Gasteiger partial charge in [0.25, 0.3) is 0 Å². The minimum absolute atomic E-state index is 0.0409. The van der Waals surface area contributed by atoms with Gasteiger partial charge < -0.3 is 15.2 Å². The molecule has 3 rings (SSSR count). The van der Waals surface area contributed by atoms with Crippen molar-refractivity contribution in [2.75, 3.05) is 13.2 Å². The number of fused-ring (bicyclic) bond motifs is 1. The minimum Gasteiger partial charge on any atom is -0.490 e. The van der Waals surface area contributed by atoms with E-state index in [1.807, 2.05) is 0 Å². The zero-order valence-electron chi connectivity index (χ0n) is 12.5. The van der Waals surface area contributed by atoms with Crippen LogP contribution in [0.25, 0.3) is 0 Å². The van der Waals surface area contributed by atoms with Crippen LogP contribution >= 0.6 is 0 Å². The van der Waals surface area contributed by atoms with E-state index in [4.69, 9.17) is 15.2 Å². The number of hydrogen-bond donors (Lipinski definition) is 2. The first-order chi connectivity index (χ1) is 10.5. The lowest BCUT2D eigenvalue weighted by atomic mass is 9.93. The summed E-state index contributed by atoms with van der Waals surface area (Å²) in [7, 11) is -3.55. The third-order valence-corrected chi connectivity index (χ3v) is 5.64. The highest BCUT2D eigenvalue weighted by Gasteiger charge is 2.25. The average Bonchev–Trinajstić information content (AvgIpc) is 2.74. The van der Waals surface area contributed by atoms with E-state index in [9.17, 15) is 8.42 Å². The third-order valence-electron chi connectivity index (χ3n) is 4.12. The zero-order chi connectivity index (χ0) is 15.6.